The van der Waals surface area contributed by atoms with E-state index >= 15 is 0 Å². The molecule has 34 heavy (non-hydrogen) atoms. The van der Waals surface area contributed by atoms with E-state index in [1.807, 2.05) is 24.3 Å². The van der Waals surface area contributed by atoms with E-state index in [4.69, 9.17) is 10.5 Å². The molecule has 0 fully saturated rings. The minimum absolute atomic E-state index is 0.0731. The predicted octanol–water partition coefficient (Wildman–Crippen LogP) is 2.79. The van der Waals surface area contributed by atoms with Crippen molar-refractivity contribution in [3.63, 3.8) is 0 Å². The molecule has 0 aliphatic carbocycles. The zero-order chi connectivity index (χ0) is 23.7. The Bertz CT molecular complexity index is 1350. The summed E-state index contributed by atoms with van der Waals surface area (Å²) in [7, 11) is 0. The van der Waals surface area contributed by atoms with Crippen LogP contribution in [0.2, 0.25) is 0 Å². The molecule has 2 amide bonds. The summed E-state index contributed by atoms with van der Waals surface area (Å²) in [4.78, 5) is 30.4. The Morgan fingerprint density at radius 1 is 1.12 bits per heavy atom. The van der Waals surface area contributed by atoms with E-state index in [0.717, 1.165) is 11.1 Å². The van der Waals surface area contributed by atoms with Gasteiger partial charge in [-0.25, -0.2) is 0 Å². The number of nitrogens with zero attached hydrogens (tertiary/aromatic N) is 3. The van der Waals surface area contributed by atoms with Crippen molar-refractivity contribution in [1.29, 1.82) is 0 Å². The summed E-state index contributed by atoms with van der Waals surface area (Å²) in [5.41, 5.74) is 8.95. The number of primary amides is 1. The third-order valence-corrected chi connectivity index (χ3v) is 5.68. The molecule has 4 aromatic rings. The molecule has 0 radical (unpaired) electrons. The van der Waals surface area contributed by atoms with E-state index in [0.29, 0.717) is 34.8 Å². The van der Waals surface area contributed by atoms with Gasteiger partial charge < -0.3 is 20.5 Å². The van der Waals surface area contributed by atoms with Crippen LogP contribution in [0.25, 0.3) is 11.3 Å². The summed E-state index contributed by atoms with van der Waals surface area (Å²) < 4.78 is 5.38. The number of H-pyrrole nitrogens is 1. The highest BCUT2D eigenvalue weighted by Crippen LogP contribution is 2.45. The lowest BCUT2D eigenvalue weighted by molar-refractivity contribution is -0.119. The number of hydrogen-bond acceptors (Lipinski definition) is 6. The molecule has 0 bridgehead atoms. The maximum Gasteiger partial charge on any atom is 0.273 e. The minimum atomic E-state index is -0.566. The number of para-hydroxylation sites is 1. The quantitative estimate of drug-likeness (QED) is 0.392. The number of phenols is 1. The van der Waals surface area contributed by atoms with Gasteiger partial charge >= 0.3 is 0 Å². The lowest BCUT2D eigenvalue weighted by Gasteiger charge is -2.26. The molecule has 170 valence electrons. The molecule has 0 saturated heterocycles. The highest BCUT2D eigenvalue weighted by Gasteiger charge is 2.42. The molecule has 2 aromatic carbocycles. The summed E-state index contributed by atoms with van der Waals surface area (Å²) in [6.45, 7) is 0.109. The van der Waals surface area contributed by atoms with E-state index < -0.39 is 11.9 Å². The lowest BCUT2D eigenvalue weighted by Crippen LogP contribution is -2.29. The fourth-order valence-corrected chi connectivity index (χ4v) is 4.17. The number of aromatic amines is 1. The number of hydrogen-bond donors (Lipinski definition) is 3. The standard InChI is InChI=1S/C25H21N5O4/c26-20(32)14-34-17-9-7-16(8-10-17)24-21-22(18-5-1-2-6-19(18)31)28-29-23(21)25(33)30(24)13-15-4-3-11-27-12-15/h1-12,24,31H,13-14H2,(H2,26,32)(H,28,29)/t24-/m0/s1. The van der Waals surface area contributed by atoms with E-state index in [2.05, 4.69) is 15.2 Å². The monoisotopic (exact) mass is 455 g/mol. The second kappa shape index (κ2) is 8.70. The van der Waals surface area contributed by atoms with E-state index in [1.54, 1.807) is 53.7 Å². The molecule has 2 aromatic heterocycles. The fourth-order valence-electron chi connectivity index (χ4n) is 4.17. The van der Waals surface area contributed by atoms with E-state index in [-0.39, 0.29) is 18.3 Å². The van der Waals surface area contributed by atoms with Crippen molar-refractivity contribution in [2.75, 3.05) is 6.61 Å². The van der Waals surface area contributed by atoms with E-state index in [1.165, 1.54) is 0 Å². The number of pyridine rings is 1. The van der Waals surface area contributed by atoms with Crippen molar-refractivity contribution in [1.82, 2.24) is 20.1 Å². The number of aromatic hydroxyl groups is 1. The molecule has 0 spiro atoms. The Morgan fingerprint density at radius 2 is 1.91 bits per heavy atom. The van der Waals surface area contributed by atoms with Gasteiger partial charge in [0, 0.05) is 30.1 Å². The van der Waals surface area contributed by atoms with Crippen LogP contribution in [0, 0.1) is 0 Å². The van der Waals surface area contributed by atoms with Crippen molar-refractivity contribution < 1.29 is 19.4 Å². The first-order valence-electron chi connectivity index (χ1n) is 10.6. The molecule has 5 rings (SSSR count). The Labute approximate surface area is 194 Å². The summed E-state index contributed by atoms with van der Waals surface area (Å²) in [5, 5.41) is 17.7. The summed E-state index contributed by atoms with van der Waals surface area (Å²) in [6, 6.07) is 17.3. The van der Waals surface area contributed by atoms with Gasteiger partial charge in [-0.05, 0) is 41.5 Å². The topological polar surface area (TPSA) is 134 Å². The number of benzene rings is 2. The van der Waals surface area contributed by atoms with Crippen LogP contribution in [0.5, 0.6) is 11.5 Å². The van der Waals surface area contributed by atoms with Crippen molar-refractivity contribution in [3.8, 4) is 22.8 Å². The molecule has 4 N–H and O–H groups in total. The highest BCUT2D eigenvalue weighted by molar-refractivity contribution is 6.00. The number of phenolic OH excluding ortho intramolecular Hbond substituents is 1. The van der Waals surface area contributed by atoms with E-state index in [9.17, 15) is 14.7 Å². The van der Waals surface area contributed by atoms with Crippen LogP contribution in [0.1, 0.15) is 33.2 Å². The number of carbonyl (C=O) groups excluding carboxylic acids is 2. The molecule has 9 heteroatoms. The number of nitrogens with one attached hydrogen (secondary N) is 1. The zero-order valence-corrected chi connectivity index (χ0v) is 18.0. The van der Waals surface area contributed by atoms with Crippen molar-refractivity contribution in [3.05, 3.63) is 95.4 Å². The summed E-state index contributed by atoms with van der Waals surface area (Å²) in [6.07, 6.45) is 3.40. The number of ether oxygens (including phenoxy) is 1. The van der Waals surface area contributed by atoms with Gasteiger partial charge in [0.05, 0.1) is 6.04 Å². The maximum absolute atomic E-state index is 13.5. The minimum Gasteiger partial charge on any atom is -0.507 e. The Morgan fingerprint density at radius 3 is 2.62 bits per heavy atom. The zero-order valence-electron chi connectivity index (χ0n) is 18.0. The van der Waals surface area contributed by atoms with Gasteiger partial charge in [0.2, 0.25) is 0 Å². The van der Waals surface area contributed by atoms with Gasteiger partial charge in [0.25, 0.3) is 11.8 Å². The molecule has 0 saturated carbocycles. The number of carbonyl (C=O) groups is 2. The summed E-state index contributed by atoms with van der Waals surface area (Å²) in [5.74, 6) is -0.210. The number of nitrogens with two attached hydrogens (primary N) is 1. The summed E-state index contributed by atoms with van der Waals surface area (Å²) >= 11 is 0. The van der Waals surface area contributed by atoms with Gasteiger partial charge in [0.1, 0.15) is 22.9 Å². The van der Waals surface area contributed by atoms with Crippen LogP contribution in [-0.2, 0) is 11.3 Å². The molecular weight excluding hydrogens is 434 g/mol. The van der Waals surface area contributed by atoms with Gasteiger partial charge in [0.15, 0.2) is 6.61 Å². The SMILES string of the molecule is NC(=O)COc1ccc([C@H]2c3c(-c4ccccc4O)n[nH]c3C(=O)N2Cc2cccnc2)cc1. The number of amides is 2. The van der Waals surface area contributed by atoms with Crippen LogP contribution in [0.4, 0.5) is 0 Å². The van der Waals surface area contributed by atoms with Crippen LogP contribution in [0.15, 0.2) is 73.1 Å². The molecule has 1 atom stereocenters. The average molecular weight is 455 g/mol. The van der Waals surface area contributed by atoms with Crippen molar-refractivity contribution >= 4 is 11.8 Å². The molecule has 9 nitrogen and oxygen atoms in total. The molecule has 0 unspecified atom stereocenters. The lowest BCUT2D eigenvalue weighted by atomic mass is 9.95. The van der Waals surface area contributed by atoms with Crippen molar-refractivity contribution in [2.45, 2.75) is 12.6 Å². The first-order valence-corrected chi connectivity index (χ1v) is 10.6. The van der Waals surface area contributed by atoms with Gasteiger partial charge in [-0.2, -0.15) is 5.10 Å². The molecule has 3 heterocycles. The third-order valence-electron chi connectivity index (χ3n) is 5.68. The first kappa shape index (κ1) is 21.2. The first-order chi connectivity index (χ1) is 16.5. The Hall–Kier alpha value is -4.66. The molecule has 1 aliphatic rings. The van der Waals surface area contributed by atoms with Gasteiger partial charge in [-0.15, -0.1) is 0 Å². The van der Waals surface area contributed by atoms with Crippen LogP contribution < -0.4 is 10.5 Å². The Balaban J connectivity index is 1.59. The number of aromatic nitrogens is 3. The smallest absolute Gasteiger partial charge is 0.273 e. The van der Waals surface area contributed by atoms with Gasteiger partial charge in [-0.1, -0.05) is 30.3 Å². The largest absolute Gasteiger partial charge is 0.507 e. The normalized spacial score (nSPS) is 14.8. The average Bonchev–Trinajstić information content (AvgIpc) is 3.38. The van der Waals surface area contributed by atoms with Gasteiger partial charge in [-0.3, -0.25) is 19.7 Å². The van der Waals surface area contributed by atoms with Crippen LogP contribution in [0.3, 0.4) is 0 Å². The highest BCUT2D eigenvalue weighted by atomic mass is 16.5. The second-order valence-electron chi connectivity index (χ2n) is 7.90. The molecular formula is C25H21N5O4. The maximum atomic E-state index is 13.5. The Kier molecular flexibility index (Phi) is 5.43. The van der Waals surface area contributed by atoms with Crippen LogP contribution in [-0.4, -0.2) is 43.6 Å². The second-order valence-corrected chi connectivity index (χ2v) is 7.90. The third kappa shape index (κ3) is 3.83. The number of rotatable bonds is 7. The molecule has 1 aliphatic heterocycles. The van der Waals surface area contributed by atoms with Crippen LogP contribution >= 0.6 is 0 Å². The predicted molar refractivity (Wildman–Crippen MR) is 123 cm³/mol. The fraction of sp³-hybridized carbons (Fsp3) is 0.120. The van der Waals surface area contributed by atoms with Crippen molar-refractivity contribution in [2.24, 2.45) is 5.73 Å². The number of fused-ring (bicyclic) bond motifs is 1.